The van der Waals surface area contributed by atoms with E-state index in [1.165, 1.54) is 11.3 Å². The lowest BCUT2D eigenvalue weighted by molar-refractivity contribution is 0.251. The smallest absolute Gasteiger partial charge is 0.321 e. The Hall–Kier alpha value is -2.48. The molecule has 0 radical (unpaired) electrons. The first-order chi connectivity index (χ1) is 10.1. The normalized spacial score (nSPS) is 10.8. The molecular formula is C13H14N6OS. The van der Waals surface area contributed by atoms with Crippen molar-refractivity contribution < 1.29 is 4.79 Å². The summed E-state index contributed by atoms with van der Waals surface area (Å²) >= 11 is 1.35. The summed E-state index contributed by atoms with van der Waals surface area (Å²) in [6.07, 6.45) is 0. The van der Waals surface area contributed by atoms with E-state index in [0.717, 1.165) is 27.4 Å². The molecule has 3 heterocycles. The molecule has 21 heavy (non-hydrogen) atoms. The number of H-pyrrole nitrogens is 1. The van der Waals surface area contributed by atoms with Gasteiger partial charge in [0.2, 0.25) is 0 Å². The Morgan fingerprint density at radius 3 is 2.95 bits per heavy atom. The average molecular weight is 302 g/mol. The van der Waals surface area contributed by atoms with E-state index in [1.807, 2.05) is 32.0 Å². The van der Waals surface area contributed by atoms with Crippen molar-refractivity contribution in [2.75, 3.05) is 5.32 Å². The third kappa shape index (κ3) is 3.16. The number of carbonyl (C=O) groups is 1. The zero-order valence-corrected chi connectivity index (χ0v) is 12.4. The molecule has 0 aliphatic heterocycles. The third-order valence-corrected chi connectivity index (χ3v) is 3.68. The van der Waals surface area contributed by atoms with Crippen LogP contribution in [0.25, 0.3) is 10.3 Å². The van der Waals surface area contributed by atoms with Crippen molar-refractivity contribution in [1.29, 1.82) is 0 Å². The fourth-order valence-corrected chi connectivity index (χ4v) is 2.72. The Kier molecular flexibility index (Phi) is 3.53. The molecular weight excluding hydrogens is 288 g/mol. The highest BCUT2D eigenvalue weighted by molar-refractivity contribution is 7.21. The third-order valence-electron chi connectivity index (χ3n) is 2.80. The van der Waals surface area contributed by atoms with Crippen molar-refractivity contribution in [2.24, 2.45) is 0 Å². The fraction of sp³-hybridized carbons (Fsp3) is 0.231. The minimum absolute atomic E-state index is 0.313. The van der Waals surface area contributed by atoms with Gasteiger partial charge in [-0.2, -0.15) is 5.10 Å². The molecule has 0 bridgehead atoms. The maximum absolute atomic E-state index is 11.8. The van der Waals surface area contributed by atoms with Gasteiger partial charge in [0.15, 0.2) is 5.13 Å². The number of hydrogen-bond donors (Lipinski definition) is 3. The number of rotatable bonds is 3. The Morgan fingerprint density at radius 1 is 1.33 bits per heavy atom. The zero-order chi connectivity index (χ0) is 14.8. The predicted molar refractivity (Wildman–Crippen MR) is 81.3 cm³/mol. The second kappa shape index (κ2) is 5.49. The summed E-state index contributed by atoms with van der Waals surface area (Å²) in [5.74, 6) is 0. The lowest BCUT2D eigenvalue weighted by Gasteiger charge is -2.02. The summed E-state index contributed by atoms with van der Waals surface area (Å²) in [6.45, 7) is 4.19. The second-order valence-electron chi connectivity index (χ2n) is 4.65. The van der Waals surface area contributed by atoms with E-state index in [9.17, 15) is 4.79 Å². The SMILES string of the molecule is Cc1ccc2nc(NC(=O)NCc3cc(C)[nH]n3)sc2n1. The van der Waals surface area contributed by atoms with Crippen molar-refractivity contribution in [3.63, 3.8) is 0 Å². The maximum atomic E-state index is 11.8. The van der Waals surface area contributed by atoms with Crippen LogP contribution < -0.4 is 10.6 Å². The van der Waals surface area contributed by atoms with Gasteiger partial charge in [0.05, 0.1) is 12.2 Å². The Balaban J connectivity index is 1.63. The molecule has 0 fully saturated rings. The number of pyridine rings is 1. The number of urea groups is 1. The van der Waals surface area contributed by atoms with E-state index >= 15 is 0 Å². The number of nitrogens with zero attached hydrogens (tertiary/aromatic N) is 3. The van der Waals surface area contributed by atoms with Crippen LogP contribution in [0.2, 0.25) is 0 Å². The molecule has 3 N–H and O–H groups in total. The summed E-state index contributed by atoms with van der Waals surface area (Å²) < 4.78 is 0. The number of fused-ring (bicyclic) bond motifs is 1. The van der Waals surface area contributed by atoms with Gasteiger partial charge in [-0.1, -0.05) is 11.3 Å². The number of aromatic nitrogens is 4. The van der Waals surface area contributed by atoms with Gasteiger partial charge in [0, 0.05) is 11.4 Å². The van der Waals surface area contributed by atoms with Crippen LogP contribution in [-0.2, 0) is 6.54 Å². The summed E-state index contributed by atoms with van der Waals surface area (Å²) in [4.78, 5) is 21.3. The number of aromatic amines is 1. The largest absolute Gasteiger partial charge is 0.332 e. The number of aryl methyl sites for hydroxylation is 2. The van der Waals surface area contributed by atoms with E-state index in [1.54, 1.807) is 0 Å². The van der Waals surface area contributed by atoms with E-state index in [4.69, 9.17) is 0 Å². The first-order valence-electron chi connectivity index (χ1n) is 6.40. The van der Waals surface area contributed by atoms with Crippen LogP contribution in [-0.4, -0.2) is 26.2 Å². The molecule has 0 aromatic carbocycles. The van der Waals surface area contributed by atoms with Gasteiger partial charge in [-0.05, 0) is 32.0 Å². The summed E-state index contributed by atoms with van der Waals surface area (Å²) in [5, 5.41) is 12.8. The van der Waals surface area contributed by atoms with E-state index in [-0.39, 0.29) is 6.03 Å². The Morgan fingerprint density at radius 2 is 2.19 bits per heavy atom. The molecule has 3 aromatic rings. The number of nitrogens with one attached hydrogen (secondary N) is 3. The van der Waals surface area contributed by atoms with Crippen molar-refractivity contribution >= 4 is 32.8 Å². The average Bonchev–Trinajstić information content (AvgIpc) is 3.01. The second-order valence-corrected chi connectivity index (χ2v) is 5.62. The van der Waals surface area contributed by atoms with E-state index < -0.39 is 0 Å². The van der Waals surface area contributed by atoms with Crippen LogP contribution in [0.1, 0.15) is 17.1 Å². The highest BCUT2D eigenvalue weighted by atomic mass is 32.1. The van der Waals surface area contributed by atoms with Crippen LogP contribution >= 0.6 is 11.3 Å². The molecule has 3 aromatic heterocycles. The van der Waals surface area contributed by atoms with Crippen LogP contribution in [0.5, 0.6) is 0 Å². The molecule has 8 heteroatoms. The standard InChI is InChI=1S/C13H14N6OS/c1-7-3-4-10-11(15-7)21-13(16-10)17-12(20)14-6-9-5-8(2)18-19-9/h3-5H,6H2,1-2H3,(H,18,19)(H2,14,16,17,20). The lowest BCUT2D eigenvalue weighted by atomic mass is 10.4. The quantitative estimate of drug-likeness (QED) is 0.692. The molecule has 0 atom stereocenters. The number of amides is 2. The minimum Gasteiger partial charge on any atom is -0.332 e. The molecule has 0 unspecified atom stereocenters. The van der Waals surface area contributed by atoms with E-state index in [2.05, 4.69) is 30.8 Å². The first-order valence-corrected chi connectivity index (χ1v) is 7.22. The molecule has 2 amide bonds. The lowest BCUT2D eigenvalue weighted by Crippen LogP contribution is -2.28. The van der Waals surface area contributed by atoms with Crippen LogP contribution in [0.4, 0.5) is 9.93 Å². The number of hydrogen-bond acceptors (Lipinski definition) is 5. The predicted octanol–water partition coefficient (Wildman–Crippen LogP) is 2.35. The highest BCUT2D eigenvalue weighted by Crippen LogP contribution is 2.24. The van der Waals surface area contributed by atoms with Crippen molar-refractivity contribution in [2.45, 2.75) is 20.4 Å². The van der Waals surface area contributed by atoms with Gasteiger partial charge >= 0.3 is 6.03 Å². The molecule has 108 valence electrons. The summed E-state index contributed by atoms with van der Waals surface area (Å²) in [7, 11) is 0. The Bertz CT molecular complexity index is 793. The van der Waals surface area contributed by atoms with Crippen molar-refractivity contribution in [3.05, 3.63) is 35.3 Å². The Labute approximate surface area is 124 Å². The number of carbonyl (C=O) groups excluding carboxylic acids is 1. The van der Waals surface area contributed by atoms with Crippen molar-refractivity contribution in [1.82, 2.24) is 25.5 Å². The molecule has 0 saturated heterocycles. The van der Waals surface area contributed by atoms with Crippen LogP contribution in [0.3, 0.4) is 0 Å². The zero-order valence-electron chi connectivity index (χ0n) is 11.6. The fourth-order valence-electron chi connectivity index (χ4n) is 1.84. The summed E-state index contributed by atoms with van der Waals surface area (Å²) in [6, 6.07) is 5.35. The van der Waals surface area contributed by atoms with E-state index in [0.29, 0.717) is 11.7 Å². The molecule has 0 aliphatic carbocycles. The number of thiazole rings is 1. The monoisotopic (exact) mass is 302 g/mol. The summed E-state index contributed by atoms with van der Waals surface area (Å²) in [5.41, 5.74) is 3.45. The van der Waals surface area contributed by atoms with Crippen LogP contribution in [0.15, 0.2) is 18.2 Å². The van der Waals surface area contributed by atoms with Gasteiger partial charge < -0.3 is 5.32 Å². The molecule has 3 rings (SSSR count). The van der Waals surface area contributed by atoms with Crippen molar-refractivity contribution in [3.8, 4) is 0 Å². The van der Waals surface area contributed by atoms with Gasteiger partial charge in [-0.3, -0.25) is 10.4 Å². The highest BCUT2D eigenvalue weighted by Gasteiger charge is 2.09. The molecule has 0 aliphatic rings. The topological polar surface area (TPSA) is 95.6 Å². The molecule has 0 spiro atoms. The van der Waals surface area contributed by atoms with Gasteiger partial charge in [0.1, 0.15) is 10.3 Å². The first kappa shape index (κ1) is 13.5. The van der Waals surface area contributed by atoms with Gasteiger partial charge in [0.25, 0.3) is 0 Å². The van der Waals surface area contributed by atoms with Gasteiger partial charge in [-0.25, -0.2) is 14.8 Å². The number of anilines is 1. The minimum atomic E-state index is -0.313. The molecule has 0 saturated carbocycles. The molecule has 7 nitrogen and oxygen atoms in total. The van der Waals surface area contributed by atoms with Crippen LogP contribution in [0, 0.1) is 13.8 Å². The maximum Gasteiger partial charge on any atom is 0.321 e. The van der Waals surface area contributed by atoms with Gasteiger partial charge in [-0.15, -0.1) is 0 Å².